The number of hydrogen-bond donors (Lipinski definition) is 0. The molecule has 0 radical (unpaired) electrons. The van der Waals surface area contributed by atoms with E-state index in [0.29, 0.717) is 18.5 Å². The predicted molar refractivity (Wildman–Crippen MR) is 96.6 cm³/mol. The van der Waals surface area contributed by atoms with Crippen LogP contribution in [0.1, 0.15) is 71.6 Å². The molecule has 0 aromatic heterocycles. The van der Waals surface area contributed by atoms with Gasteiger partial charge in [0.25, 0.3) is 0 Å². The zero-order valence-corrected chi connectivity index (χ0v) is 15.8. The van der Waals surface area contributed by atoms with Crippen LogP contribution in [0.4, 0.5) is 0 Å². The van der Waals surface area contributed by atoms with Gasteiger partial charge in [-0.1, -0.05) is 13.3 Å². The van der Waals surface area contributed by atoms with E-state index in [9.17, 15) is 9.59 Å². The summed E-state index contributed by atoms with van der Waals surface area (Å²) < 4.78 is 0. The number of carbonyl (C=O) groups excluding carboxylic acids is 2. The molecule has 2 aliphatic carbocycles. The van der Waals surface area contributed by atoms with Crippen LogP contribution in [0, 0.1) is 5.92 Å². The standard InChI is InChI=1S/C19H30N2O2S/c1-3-13-4-6-14(7-5-13)20(15-8-9-15)18(23)16-12-24-19(2)11-10-17(22)21(16)19/h13-16H,3-12H2,1-2H3/t13?,14?,16-,19-/m0/s1. The maximum atomic E-state index is 13.4. The molecular formula is C19H30N2O2S. The quantitative estimate of drug-likeness (QED) is 0.780. The molecular weight excluding hydrogens is 320 g/mol. The molecule has 2 saturated heterocycles. The molecule has 0 spiro atoms. The smallest absolute Gasteiger partial charge is 0.246 e. The fourth-order valence-electron chi connectivity index (χ4n) is 5.02. The summed E-state index contributed by atoms with van der Waals surface area (Å²) in [6.07, 6.45) is 9.93. The Labute approximate surface area is 149 Å². The summed E-state index contributed by atoms with van der Waals surface area (Å²) in [4.78, 5) is 29.8. The van der Waals surface area contributed by atoms with Gasteiger partial charge in [0.1, 0.15) is 6.04 Å². The first kappa shape index (κ1) is 16.7. The molecule has 2 heterocycles. The summed E-state index contributed by atoms with van der Waals surface area (Å²) in [5, 5.41) is 0. The first-order valence-corrected chi connectivity index (χ1v) is 10.8. The Morgan fingerprint density at radius 3 is 2.42 bits per heavy atom. The zero-order valence-electron chi connectivity index (χ0n) is 15.0. The number of thioether (sulfide) groups is 1. The van der Waals surface area contributed by atoms with Crippen molar-refractivity contribution in [3.05, 3.63) is 0 Å². The van der Waals surface area contributed by atoms with Crippen molar-refractivity contribution in [2.45, 2.75) is 94.6 Å². The highest BCUT2D eigenvalue weighted by Crippen LogP contribution is 2.48. The Morgan fingerprint density at radius 1 is 1.21 bits per heavy atom. The van der Waals surface area contributed by atoms with Gasteiger partial charge < -0.3 is 9.80 Å². The number of hydrogen-bond acceptors (Lipinski definition) is 3. The molecule has 4 fully saturated rings. The minimum absolute atomic E-state index is 0.132. The number of nitrogens with zero attached hydrogens (tertiary/aromatic N) is 2. The lowest BCUT2D eigenvalue weighted by Gasteiger charge is -2.40. The van der Waals surface area contributed by atoms with Crippen LogP contribution in [-0.2, 0) is 9.59 Å². The van der Waals surface area contributed by atoms with Gasteiger partial charge in [-0.3, -0.25) is 9.59 Å². The average molecular weight is 351 g/mol. The van der Waals surface area contributed by atoms with Crippen LogP contribution < -0.4 is 0 Å². The minimum Gasteiger partial charge on any atom is -0.335 e. The Balaban J connectivity index is 1.50. The first-order valence-electron chi connectivity index (χ1n) is 9.82. The normalized spacial score (nSPS) is 39.2. The van der Waals surface area contributed by atoms with Crippen molar-refractivity contribution < 1.29 is 9.59 Å². The van der Waals surface area contributed by atoms with Gasteiger partial charge in [-0.05, 0) is 57.8 Å². The van der Waals surface area contributed by atoms with Gasteiger partial charge in [0.2, 0.25) is 11.8 Å². The summed E-state index contributed by atoms with van der Waals surface area (Å²) in [6.45, 7) is 4.42. The summed E-state index contributed by atoms with van der Waals surface area (Å²) in [6, 6.07) is 0.664. The molecule has 5 heteroatoms. The van der Waals surface area contributed by atoms with Crippen molar-refractivity contribution in [3.8, 4) is 0 Å². The van der Waals surface area contributed by atoms with Crippen molar-refractivity contribution in [2.75, 3.05) is 5.75 Å². The Hall–Kier alpha value is -0.710. The molecule has 4 aliphatic rings. The van der Waals surface area contributed by atoms with Crippen LogP contribution in [0.25, 0.3) is 0 Å². The van der Waals surface area contributed by atoms with E-state index in [4.69, 9.17) is 0 Å². The lowest BCUT2D eigenvalue weighted by atomic mass is 9.83. The molecule has 0 unspecified atom stereocenters. The molecule has 0 aromatic rings. The fourth-order valence-corrected chi connectivity index (χ4v) is 6.44. The van der Waals surface area contributed by atoms with E-state index in [2.05, 4.69) is 18.7 Å². The second-order valence-corrected chi connectivity index (χ2v) is 9.83. The van der Waals surface area contributed by atoms with E-state index in [1.165, 1.54) is 19.3 Å². The summed E-state index contributed by atoms with van der Waals surface area (Å²) >= 11 is 1.81. The third kappa shape index (κ3) is 2.77. The Morgan fingerprint density at radius 2 is 1.83 bits per heavy atom. The van der Waals surface area contributed by atoms with Crippen LogP contribution in [0.3, 0.4) is 0 Å². The van der Waals surface area contributed by atoms with Crippen molar-refractivity contribution in [1.82, 2.24) is 9.80 Å². The van der Waals surface area contributed by atoms with Crippen molar-refractivity contribution in [1.29, 1.82) is 0 Å². The third-order valence-corrected chi connectivity index (χ3v) is 8.22. The number of carbonyl (C=O) groups is 2. The van der Waals surface area contributed by atoms with E-state index in [1.807, 2.05) is 16.7 Å². The number of fused-ring (bicyclic) bond motifs is 1. The Bertz CT molecular complexity index is 527. The van der Waals surface area contributed by atoms with Gasteiger partial charge in [-0.15, -0.1) is 11.8 Å². The SMILES string of the molecule is CCC1CCC(N(C(=O)[C@@H]2CS[C@@]3(C)CCC(=O)N23)C2CC2)CC1. The van der Waals surface area contributed by atoms with E-state index in [1.54, 1.807) is 0 Å². The van der Waals surface area contributed by atoms with Crippen LogP contribution >= 0.6 is 11.8 Å². The summed E-state index contributed by atoms with van der Waals surface area (Å²) in [5.74, 6) is 2.08. The monoisotopic (exact) mass is 350 g/mol. The summed E-state index contributed by atoms with van der Waals surface area (Å²) in [7, 11) is 0. The maximum absolute atomic E-state index is 13.4. The van der Waals surface area contributed by atoms with Gasteiger partial charge in [-0.25, -0.2) is 0 Å². The average Bonchev–Trinajstić information content (AvgIpc) is 3.29. The van der Waals surface area contributed by atoms with E-state index >= 15 is 0 Å². The van der Waals surface area contributed by atoms with Gasteiger partial charge in [0.05, 0.1) is 4.87 Å². The highest BCUT2D eigenvalue weighted by molar-refractivity contribution is 8.01. The van der Waals surface area contributed by atoms with Gasteiger partial charge in [0.15, 0.2) is 0 Å². The van der Waals surface area contributed by atoms with E-state index in [0.717, 1.165) is 43.8 Å². The largest absolute Gasteiger partial charge is 0.335 e. The number of amides is 2. The molecule has 134 valence electrons. The van der Waals surface area contributed by atoms with Gasteiger partial charge >= 0.3 is 0 Å². The van der Waals surface area contributed by atoms with Crippen molar-refractivity contribution in [3.63, 3.8) is 0 Å². The third-order valence-electron chi connectivity index (χ3n) is 6.71. The highest BCUT2D eigenvalue weighted by atomic mass is 32.2. The molecule has 0 aromatic carbocycles. The zero-order chi connectivity index (χ0) is 16.9. The van der Waals surface area contributed by atoms with Gasteiger partial charge in [-0.2, -0.15) is 0 Å². The topological polar surface area (TPSA) is 40.6 Å². The van der Waals surface area contributed by atoms with Crippen molar-refractivity contribution >= 4 is 23.6 Å². The molecule has 4 rings (SSSR count). The van der Waals surface area contributed by atoms with Crippen LogP contribution in [0.15, 0.2) is 0 Å². The molecule has 2 saturated carbocycles. The molecule has 0 bridgehead atoms. The summed E-state index contributed by atoms with van der Waals surface area (Å²) in [5.41, 5.74) is 0. The Kier molecular flexibility index (Phi) is 4.34. The second-order valence-electron chi connectivity index (χ2n) is 8.33. The van der Waals surface area contributed by atoms with Gasteiger partial charge in [0, 0.05) is 24.3 Å². The van der Waals surface area contributed by atoms with Crippen molar-refractivity contribution in [2.24, 2.45) is 5.92 Å². The molecule has 4 nitrogen and oxygen atoms in total. The maximum Gasteiger partial charge on any atom is 0.246 e. The molecule has 0 N–H and O–H groups in total. The lowest BCUT2D eigenvalue weighted by molar-refractivity contribution is -0.146. The lowest BCUT2D eigenvalue weighted by Crippen LogP contribution is -2.55. The van der Waals surface area contributed by atoms with E-state index in [-0.39, 0.29) is 22.7 Å². The van der Waals surface area contributed by atoms with Crippen LogP contribution in [0.2, 0.25) is 0 Å². The number of rotatable bonds is 4. The van der Waals surface area contributed by atoms with E-state index < -0.39 is 0 Å². The minimum atomic E-state index is -0.209. The highest BCUT2D eigenvalue weighted by Gasteiger charge is 2.55. The fraction of sp³-hybridized carbons (Fsp3) is 0.895. The van der Waals surface area contributed by atoms with Crippen LogP contribution in [0.5, 0.6) is 0 Å². The predicted octanol–water partition coefficient (Wildman–Crippen LogP) is 3.40. The first-order chi connectivity index (χ1) is 11.5. The molecule has 2 atom stereocenters. The molecule has 2 amide bonds. The second kappa shape index (κ2) is 6.22. The molecule has 24 heavy (non-hydrogen) atoms. The molecule has 2 aliphatic heterocycles. The van der Waals surface area contributed by atoms with Crippen LogP contribution in [-0.4, -0.2) is 50.4 Å².